The summed E-state index contributed by atoms with van der Waals surface area (Å²) in [4.78, 5) is 19.1. The third kappa shape index (κ3) is 3.10. The summed E-state index contributed by atoms with van der Waals surface area (Å²) in [5.41, 5.74) is 5.52. The smallest absolute Gasteiger partial charge is 0.212 e. The molecule has 1 N–H and O–H groups in total. The Morgan fingerprint density at radius 2 is 2.00 bits per heavy atom. The normalized spacial score (nSPS) is 12.7. The van der Waals surface area contributed by atoms with E-state index in [0.717, 1.165) is 33.4 Å². The minimum atomic E-state index is 0.517. The lowest BCUT2D eigenvalue weighted by atomic mass is 10.0. The summed E-state index contributed by atoms with van der Waals surface area (Å²) < 4.78 is 7.25. The largest absolute Gasteiger partial charge is 0.443 e. The van der Waals surface area contributed by atoms with E-state index in [2.05, 4.69) is 15.3 Å². The number of nitrogens with one attached hydrogen (secondary N) is 1. The zero-order valence-electron chi connectivity index (χ0n) is 13.9. The highest BCUT2D eigenvalue weighted by molar-refractivity contribution is 5.92. The molecule has 6 nitrogen and oxygen atoms in total. The number of oxazole rings is 1. The second kappa shape index (κ2) is 6.39. The molecule has 126 valence electrons. The van der Waals surface area contributed by atoms with E-state index in [9.17, 15) is 4.79 Å². The summed E-state index contributed by atoms with van der Waals surface area (Å²) in [5.74, 6) is 0.517. The third-order valence-corrected chi connectivity index (χ3v) is 4.01. The molecule has 0 unspecified atom stereocenters. The highest BCUT2D eigenvalue weighted by atomic mass is 16.3. The van der Waals surface area contributed by atoms with Crippen molar-refractivity contribution in [2.45, 2.75) is 26.2 Å². The Morgan fingerprint density at radius 3 is 2.76 bits per heavy atom. The minimum Gasteiger partial charge on any atom is -0.443 e. The number of carbonyl (C=O) groups is 1. The highest BCUT2D eigenvalue weighted by Crippen LogP contribution is 2.31. The first-order chi connectivity index (χ1) is 12.3. The van der Waals surface area contributed by atoms with Crippen LogP contribution in [0.15, 0.2) is 47.5 Å². The molecule has 6 heteroatoms. The van der Waals surface area contributed by atoms with Gasteiger partial charge in [0.2, 0.25) is 6.41 Å². The standard InChI is InChI=1S/C16H12N4O2.C3H6/c1-10-2-4-12-16(18-9-22-12)15(10)11-3-5-14-19-13(17-8-21)7-20(14)6-11;1-2-3-1/h2-9H,1H3,(H,17,21);1-3H2. The molecule has 1 aliphatic rings. The van der Waals surface area contributed by atoms with Crippen molar-refractivity contribution in [3.05, 3.63) is 48.6 Å². The van der Waals surface area contributed by atoms with Gasteiger partial charge in [0.05, 0.1) is 6.20 Å². The van der Waals surface area contributed by atoms with Crippen molar-refractivity contribution in [3.8, 4) is 11.1 Å². The second-order valence-electron chi connectivity index (χ2n) is 6.09. The lowest BCUT2D eigenvalue weighted by molar-refractivity contribution is -0.105. The number of benzene rings is 1. The topological polar surface area (TPSA) is 72.4 Å². The van der Waals surface area contributed by atoms with Crippen molar-refractivity contribution in [1.29, 1.82) is 0 Å². The van der Waals surface area contributed by atoms with Crippen LogP contribution in [0.25, 0.3) is 27.9 Å². The van der Waals surface area contributed by atoms with E-state index < -0.39 is 0 Å². The molecule has 0 aliphatic heterocycles. The van der Waals surface area contributed by atoms with E-state index in [4.69, 9.17) is 4.42 Å². The summed E-state index contributed by atoms with van der Waals surface area (Å²) in [5, 5.41) is 2.55. The Bertz CT molecular complexity index is 1040. The first kappa shape index (κ1) is 15.4. The third-order valence-electron chi connectivity index (χ3n) is 4.01. The van der Waals surface area contributed by atoms with E-state index in [1.807, 2.05) is 41.8 Å². The van der Waals surface area contributed by atoms with E-state index >= 15 is 0 Å². The molecular weight excluding hydrogens is 316 g/mol. The number of nitrogens with zero attached hydrogens (tertiary/aromatic N) is 3. The molecule has 5 rings (SSSR count). The molecule has 1 amide bonds. The maximum Gasteiger partial charge on any atom is 0.212 e. The fourth-order valence-electron chi connectivity index (χ4n) is 2.67. The molecule has 0 radical (unpaired) electrons. The Kier molecular flexibility index (Phi) is 3.93. The van der Waals surface area contributed by atoms with E-state index in [0.29, 0.717) is 12.2 Å². The molecule has 0 bridgehead atoms. The number of rotatable bonds is 3. The Morgan fingerprint density at radius 1 is 1.16 bits per heavy atom. The second-order valence-corrected chi connectivity index (χ2v) is 6.09. The van der Waals surface area contributed by atoms with Gasteiger partial charge < -0.3 is 14.1 Å². The number of pyridine rings is 1. The van der Waals surface area contributed by atoms with Gasteiger partial charge in [0, 0.05) is 17.3 Å². The molecule has 3 heterocycles. The maximum atomic E-state index is 10.5. The van der Waals surface area contributed by atoms with Crippen LogP contribution in [0.5, 0.6) is 0 Å². The van der Waals surface area contributed by atoms with Crippen LogP contribution in [0.2, 0.25) is 0 Å². The fraction of sp³-hybridized carbons (Fsp3) is 0.211. The quantitative estimate of drug-likeness (QED) is 0.570. The predicted molar refractivity (Wildman–Crippen MR) is 96.5 cm³/mol. The molecular formula is C19H18N4O2. The van der Waals surface area contributed by atoms with Gasteiger partial charge in [-0.25, -0.2) is 9.97 Å². The lowest BCUT2D eigenvalue weighted by Gasteiger charge is -2.07. The molecule has 1 aromatic carbocycles. The van der Waals surface area contributed by atoms with Gasteiger partial charge in [-0.3, -0.25) is 4.79 Å². The minimum absolute atomic E-state index is 0.517. The first-order valence-electron chi connectivity index (χ1n) is 8.28. The number of aromatic nitrogens is 3. The van der Waals surface area contributed by atoms with Gasteiger partial charge >= 0.3 is 0 Å². The fourth-order valence-corrected chi connectivity index (χ4v) is 2.67. The first-order valence-corrected chi connectivity index (χ1v) is 8.28. The van der Waals surface area contributed by atoms with Gasteiger partial charge in [-0.15, -0.1) is 0 Å². The van der Waals surface area contributed by atoms with Crippen molar-refractivity contribution < 1.29 is 9.21 Å². The van der Waals surface area contributed by atoms with Crippen LogP contribution in [0.4, 0.5) is 5.82 Å². The van der Waals surface area contributed by atoms with E-state index in [-0.39, 0.29) is 0 Å². The van der Waals surface area contributed by atoms with Gasteiger partial charge in [0.15, 0.2) is 17.8 Å². The monoisotopic (exact) mass is 334 g/mol. The Balaban J connectivity index is 0.000000474. The number of imidazole rings is 1. The summed E-state index contributed by atoms with van der Waals surface area (Å²) in [6.45, 7) is 2.04. The zero-order valence-corrected chi connectivity index (χ0v) is 13.9. The van der Waals surface area contributed by atoms with Gasteiger partial charge in [-0.2, -0.15) is 0 Å². The predicted octanol–water partition coefficient (Wildman–Crippen LogP) is 4.19. The number of amides is 1. The van der Waals surface area contributed by atoms with Crippen molar-refractivity contribution in [2.75, 3.05) is 5.32 Å². The van der Waals surface area contributed by atoms with Gasteiger partial charge in [-0.1, -0.05) is 25.3 Å². The number of carbonyl (C=O) groups excluding carboxylic acids is 1. The Hall–Kier alpha value is -3.15. The summed E-state index contributed by atoms with van der Waals surface area (Å²) in [7, 11) is 0. The molecule has 0 atom stereocenters. The zero-order chi connectivity index (χ0) is 17.2. The molecule has 1 saturated carbocycles. The van der Waals surface area contributed by atoms with Crippen LogP contribution < -0.4 is 5.32 Å². The van der Waals surface area contributed by atoms with Crippen LogP contribution in [0.1, 0.15) is 24.8 Å². The lowest BCUT2D eigenvalue weighted by Crippen LogP contribution is -1.92. The molecule has 3 aromatic heterocycles. The highest BCUT2D eigenvalue weighted by Gasteiger charge is 2.12. The van der Waals surface area contributed by atoms with Crippen LogP contribution in [0, 0.1) is 6.92 Å². The molecule has 1 aliphatic carbocycles. The summed E-state index contributed by atoms with van der Waals surface area (Å²) in [6.07, 6.45) is 10.3. The van der Waals surface area contributed by atoms with Crippen LogP contribution in [-0.2, 0) is 4.79 Å². The van der Waals surface area contributed by atoms with E-state index in [1.165, 1.54) is 25.7 Å². The van der Waals surface area contributed by atoms with Crippen molar-refractivity contribution in [1.82, 2.24) is 14.4 Å². The average molecular weight is 334 g/mol. The number of fused-ring (bicyclic) bond motifs is 2. The molecule has 0 spiro atoms. The van der Waals surface area contributed by atoms with Crippen molar-refractivity contribution >= 4 is 29.0 Å². The van der Waals surface area contributed by atoms with E-state index in [1.54, 1.807) is 6.20 Å². The summed E-state index contributed by atoms with van der Waals surface area (Å²) >= 11 is 0. The molecule has 25 heavy (non-hydrogen) atoms. The number of hydrogen-bond acceptors (Lipinski definition) is 4. The van der Waals surface area contributed by atoms with Crippen LogP contribution in [0.3, 0.4) is 0 Å². The molecule has 0 saturated heterocycles. The number of anilines is 1. The maximum absolute atomic E-state index is 10.5. The van der Waals surface area contributed by atoms with Gasteiger partial charge in [-0.05, 0) is 30.7 Å². The van der Waals surface area contributed by atoms with Crippen molar-refractivity contribution in [3.63, 3.8) is 0 Å². The van der Waals surface area contributed by atoms with Crippen molar-refractivity contribution in [2.24, 2.45) is 0 Å². The van der Waals surface area contributed by atoms with Gasteiger partial charge in [0.1, 0.15) is 11.2 Å². The molecule has 1 fully saturated rings. The number of hydrogen-bond donors (Lipinski definition) is 1. The van der Waals surface area contributed by atoms with Crippen LogP contribution >= 0.6 is 0 Å². The van der Waals surface area contributed by atoms with Gasteiger partial charge in [0.25, 0.3) is 0 Å². The summed E-state index contributed by atoms with van der Waals surface area (Å²) in [6, 6.07) is 7.83. The average Bonchev–Trinajstić information content (AvgIpc) is 3.32. The molecule has 4 aromatic rings. The SMILES string of the molecule is C1CC1.Cc1ccc2ocnc2c1-c1ccc2nc(NC=O)cn2c1. The Labute approximate surface area is 144 Å². The van der Waals surface area contributed by atoms with Crippen LogP contribution in [-0.4, -0.2) is 20.8 Å². The number of aryl methyl sites for hydroxylation is 1.